The van der Waals surface area contributed by atoms with Crippen molar-refractivity contribution in [3.8, 4) is 0 Å². The fraction of sp³-hybridized carbons (Fsp3) is 0.462. The molecule has 1 rings (SSSR count). The summed E-state index contributed by atoms with van der Waals surface area (Å²) < 4.78 is 13.0. The normalized spacial score (nSPS) is 12.6. The van der Waals surface area contributed by atoms with E-state index in [2.05, 4.69) is 20.8 Å². The molecule has 0 spiro atoms. The van der Waals surface area contributed by atoms with Gasteiger partial charge in [-0.05, 0) is 31.0 Å². The minimum absolute atomic E-state index is 0.296. The van der Waals surface area contributed by atoms with Gasteiger partial charge < -0.3 is 4.90 Å². The lowest BCUT2D eigenvalue weighted by Gasteiger charge is -2.30. The molecule has 0 radical (unpaired) electrons. The van der Waals surface area contributed by atoms with Crippen molar-refractivity contribution >= 4 is 12.0 Å². The molecule has 0 aliphatic heterocycles. The third kappa shape index (κ3) is 2.60. The van der Waals surface area contributed by atoms with Crippen LogP contribution in [0.15, 0.2) is 18.2 Å². The molecule has 0 saturated carbocycles. The number of halogens is 1. The molecule has 0 N–H and O–H groups in total. The predicted molar refractivity (Wildman–Crippen MR) is 64.5 cm³/mol. The van der Waals surface area contributed by atoms with Crippen molar-refractivity contribution in [2.45, 2.75) is 26.8 Å². The van der Waals surface area contributed by atoms with E-state index in [-0.39, 0.29) is 5.82 Å². The largest absolute Gasteiger partial charge is 0.371 e. The smallest absolute Gasteiger partial charge is 0.152 e. The SMILES string of the molecule is CC(C)C(C)N(C)c1ccc(F)cc1C=O. The molecular formula is C13H18FNO. The minimum atomic E-state index is -0.378. The number of nitrogens with zero attached hydrogens (tertiary/aromatic N) is 1. The van der Waals surface area contributed by atoms with Crippen LogP contribution in [0.5, 0.6) is 0 Å². The average molecular weight is 223 g/mol. The Morgan fingerprint density at radius 1 is 1.31 bits per heavy atom. The number of carbonyl (C=O) groups excluding carboxylic acids is 1. The van der Waals surface area contributed by atoms with Crippen LogP contribution in [0.3, 0.4) is 0 Å². The number of hydrogen-bond acceptors (Lipinski definition) is 2. The Hall–Kier alpha value is -1.38. The van der Waals surface area contributed by atoms with Gasteiger partial charge in [0.25, 0.3) is 0 Å². The summed E-state index contributed by atoms with van der Waals surface area (Å²) in [6.07, 6.45) is 0.696. The van der Waals surface area contributed by atoms with E-state index in [9.17, 15) is 9.18 Å². The summed E-state index contributed by atoms with van der Waals surface area (Å²) in [6, 6.07) is 4.60. The highest BCUT2D eigenvalue weighted by Gasteiger charge is 2.16. The lowest BCUT2D eigenvalue weighted by Crippen LogP contribution is -2.33. The zero-order chi connectivity index (χ0) is 12.3. The van der Waals surface area contributed by atoms with Gasteiger partial charge >= 0.3 is 0 Å². The summed E-state index contributed by atoms with van der Waals surface area (Å²) in [5.74, 6) is 0.0889. The van der Waals surface area contributed by atoms with Gasteiger partial charge in [-0.15, -0.1) is 0 Å². The Balaban J connectivity index is 3.07. The first-order chi connectivity index (χ1) is 7.47. The first-order valence-electron chi connectivity index (χ1n) is 5.45. The maximum absolute atomic E-state index is 13.0. The fourth-order valence-electron chi connectivity index (χ4n) is 1.61. The molecule has 1 unspecified atom stereocenters. The van der Waals surface area contributed by atoms with Crippen LogP contribution in [-0.2, 0) is 0 Å². The second-order valence-corrected chi connectivity index (χ2v) is 4.42. The Morgan fingerprint density at radius 2 is 1.94 bits per heavy atom. The highest BCUT2D eigenvalue weighted by molar-refractivity contribution is 5.84. The van der Waals surface area contributed by atoms with Gasteiger partial charge in [0.15, 0.2) is 6.29 Å². The summed E-state index contributed by atoms with van der Waals surface area (Å²) in [5, 5.41) is 0. The number of hydrogen-bond donors (Lipinski definition) is 0. The Labute approximate surface area is 96.1 Å². The molecular weight excluding hydrogens is 205 g/mol. The average Bonchev–Trinajstić information content (AvgIpc) is 2.26. The molecule has 0 bridgehead atoms. The topological polar surface area (TPSA) is 20.3 Å². The molecule has 0 aliphatic carbocycles. The Morgan fingerprint density at radius 3 is 2.44 bits per heavy atom. The van der Waals surface area contributed by atoms with Crippen molar-refractivity contribution in [1.82, 2.24) is 0 Å². The molecule has 0 fully saturated rings. The van der Waals surface area contributed by atoms with Gasteiger partial charge in [0.05, 0.1) is 0 Å². The van der Waals surface area contributed by atoms with E-state index in [4.69, 9.17) is 0 Å². The molecule has 3 heteroatoms. The number of aldehydes is 1. The van der Waals surface area contributed by atoms with Gasteiger partial charge in [-0.25, -0.2) is 4.39 Å². The van der Waals surface area contributed by atoms with Crippen molar-refractivity contribution in [2.75, 3.05) is 11.9 Å². The van der Waals surface area contributed by atoms with Gasteiger partial charge in [0.2, 0.25) is 0 Å². The summed E-state index contributed by atoms with van der Waals surface area (Å²) in [5.41, 5.74) is 1.17. The van der Waals surface area contributed by atoms with E-state index in [0.717, 1.165) is 5.69 Å². The van der Waals surface area contributed by atoms with E-state index in [1.807, 2.05) is 11.9 Å². The molecule has 1 aromatic rings. The van der Waals surface area contributed by atoms with Crippen molar-refractivity contribution in [3.63, 3.8) is 0 Å². The van der Waals surface area contributed by atoms with Crippen LogP contribution in [0.1, 0.15) is 31.1 Å². The number of carbonyl (C=O) groups is 1. The van der Waals surface area contributed by atoms with E-state index < -0.39 is 0 Å². The van der Waals surface area contributed by atoms with Crippen LogP contribution in [0.25, 0.3) is 0 Å². The fourth-order valence-corrected chi connectivity index (χ4v) is 1.61. The predicted octanol–water partition coefficient (Wildman–Crippen LogP) is 3.12. The third-order valence-corrected chi connectivity index (χ3v) is 3.07. The molecule has 0 aromatic heterocycles. The van der Waals surface area contributed by atoms with Crippen LogP contribution in [-0.4, -0.2) is 19.4 Å². The zero-order valence-electron chi connectivity index (χ0n) is 10.2. The summed E-state index contributed by atoms with van der Waals surface area (Å²) in [7, 11) is 1.92. The van der Waals surface area contributed by atoms with Crippen LogP contribution >= 0.6 is 0 Å². The summed E-state index contributed by atoms with van der Waals surface area (Å²) in [4.78, 5) is 12.9. The molecule has 1 aromatic carbocycles. The van der Waals surface area contributed by atoms with E-state index in [0.29, 0.717) is 23.8 Å². The van der Waals surface area contributed by atoms with Crippen LogP contribution in [0.2, 0.25) is 0 Å². The third-order valence-electron chi connectivity index (χ3n) is 3.07. The van der Waals surface area contributed by atoms with Crippen molar-refractivity contribution in [3.05, 3.63) is 29.6 Å². The highest BCUT2D eigenvalue weighted by Crippen LogP contribution is 2.23. The number of anilines is 1. The lowest BCUT2D eigenvalue weighted by atomic mass is 10.0. The lowest BCUT2D eigenvalue weighted by molar-refractivity contribution is 0.112. The van der Waals surface area contributed by atoms with Crippen molar-refractivity contribution < 1.29 is 9.18 Å². The second-order valence-electron chi connectivity index (χ2n) is 4.42. The van der Waals surface area contributed by atoms with Gasteiger partial charge in [-0.1, -0.05) is 13.8 Å². The van der Waals surface area contributed by atoms with Crippen LogP contribution < -0.4 is 4.90 Å². The van der Waals surface area contributed by atoms with E-state index in [1.165, 1.54) is 12.1 Å². The second kappa shape index (κ2) is 5.10. The number of rotatable bonds is 4. The Kier molecular flexibility index (Phi) is 4.05. The molecule has 1 atom stereocenters. The first kappa shape index (κ1) is 12.7. The Bertz CT molecular complexity index is 376. The van der Waals surface area contributed by atoms with Gasteiger partial charge in [-0.3, -0.25) is 4.79 Å². The maximum atomic E-state index is 13.0. The molecule has 0 aliphatic rings. The van der Waals surface area contributed by atoms with Crippen molar-refractivity contribution in [1.29, 1.82) is 0 Å². The van der Waals surface area contributed by atoms with Gasteiger partial charge in [0, 0.05) is 24.3 Å². The first-order valence-corrected chi connectivity index (χ1v) is 5.45. The standard InChI is InChI=1S/C13H18FNO/c1-9(2)10(3)15(4)13-6-5-12(14)7-11(13)8-16/h5-10H,1-4H3. The molecule has 16 heavy (non-hydrogen) atoms. The highest BCUT2D eigenvalue weighted by atomic mass is 19.1. The van der Waals surface area contributed by atoms with E-state index >= 15 is 0 Å². The molecule has 88 valence electrons. The van der Waals surface area contributed by atoms with Gasteiger partial charge in [0.1, 0.15) is 5.82 Å². The van der Waals surface area contributed by atoms with Crippen LogP contribution in [0, 0.1) is 11.7 Å². The molecule has 0 amide bonds. The summed E-state index contributed by atoms with van der Waals surface area (Å²) in [6.45, 7) is 6.32. The summed E-state index contributed by atoms with van der Waals surface area (Å²) >= 11 is 0. The molecule has 0 heterocycles. The monoisotopic (exact) mass is 223 g/mol. The quantitative estimate of drug-likeness (QED) is 0.731. The van der Waals surface area contributed by atoms with Crippen LogP contribution in [0.4, 0.5) is 10.1 Å². The van der Waals surface area contributed by atoms with E-state index in [1.54, 1.807) is 6.07 Å². The minimum Gasteiger partial charge on any atom is -0.371 e. The van der Waals surface area contributed by atoms with Crippen molar-refractivity contribution in [2.24, 2.45) is 5.92 Å². The van der Waals surface area contributed by atoms with Gasteiger partial charge in [-0.2, -0.15) is 0 Å². The molecule has 0 saturated heterocycles. The maximum Gasteiger partial charge on any atom is 0.152 e. The molecule has 2 nitrogen and oxygen atoms in total. The zero-order valence-corrected chi connectivity index (χ0v) is 10.2. The number of benzene rings is 1.